The molecule has 1 heterocycles. The summed E-state index contributed by atoms with van der Waals surface area (Å²) in [6, 6.07) is 20.9. The standard InChI is InChI=1S/C24H22N2O4S/c1-29-22-14-19-11-12-26(31(27,28)20-10-6-7-17(13-20)16-25)24(18-8-4-3-5-9-18)21(19)15-23(22)30-2/h3-10,13-15,24H,11-12H2,1-2H3/t24-/m1/s1. The fourth-order valence-electron chi connectivity index (χ4n) is 4.02. The van der Waals surface area contributed by atoms with Crippen LogP contribution in [0.15, 0.2) is 71.6 Å². The lowest BCUT2D eigenvalue weighted by Crippen LogP contribution is -2.40. The summed E-state index contributed by atoms with van der Waals surface area (Å²) in [6.07, 6.45) is 0.538. The zero-order valence-corrected chi connectivity index (χ0v) is 18.1. The molecule has 0 N–H and O–H groups in total. The molecule has 7 heteroatoms. The van der Waals surface area contributed by atoms with Gasteiger partial charge in [-0.3, -0.25) is 0 Å². The lowest BCUT2D eigenvalue weighted by Gasteiger charge is -2.37. The minimum atomic E-state index is -3.86. The van der Waals surface area contributed by atoms with Crippen molar-refractivity contribution in [1.82, 2.24) is 4.31 Å². The number of benzene rings is 3. The van der Waals surface area contributed by atoms with Crippen molar-refractivity contribution < 1.29 is 17.9 Å². The van der Waals surface area contributed by atoms with E-state index in [4.69, 9.17) is 9.47 Å². The molecule has 0 radical (unpaired) electrons. The van der Waals surface area contributed by atoms with E-state index in [0.717, 1.165) is 16.7 Å². The van der Waals surface area contributed by atoms with Crippen molar-refractivity contribution in [2.24, 2.45) is 0 Å². The van der Waals surface area contributed by atoms with Crippen LogP contribution >= 0.6 is 0 Å². The van der Waals surface area contributed by atoms with E-state index in [2.05, 4.69) is 0 Å². The lowest BCUT2D eigenvalue weighted by molar-refractivity contribution is 0.332. The average molecular weight is 435 g/mol. The number of nitrogens with zero attached hydrogens (tertiary/aromatic N) is 2. The number of rotatable bonds is 5. The highest BCUT2D eigenvalue weighted by molar-refractivity contribution is 7.89. The second-order valence-electron chi connectivity index (χ2n) is 7.22. The van der Waals surface area contributed by atoms with Gasteiger partial charge >= 0.3 is 0 Å². The number of methoxy groups -OCH3 is 2. The molecule has 0 aromatic heterocycles. The maximum absolute atomic E-state index is 13.7. The summed E-state index contributed by atoms with van der Waals surface area (Å²) in [6.45, 7) is 0.307. The summed E-state index contributed by atoms with van der Waals surface area (Å²) in [5.74, 6) is 1.17. The van der Waals surface area contributed by atoms with Crippen LogP contribution in [-0.4, -0.2) is 33.5 Å². The van der Waals surface area contributed by atoms with Crippen LogP contribution in [-0.2, 0) is 16.4 Å². The van der Waals surface area contributed by atoms with Gasteiger partial charge in [-0.25, -0.2) is 8.42 Å². The molecule has 0 spiro atoms. The molecule has 6 nitrogen and oxygen atoms in total. The molecular weight excluding hydrogens is 412 g/mol. The molecule has 0 unspecified atom stereocenters. The van der Waals surface area contributed by atoms with E-state index in [1.807, 2.05) is 48.5 Å². The van der Waals surface area contributed by atoms with Gasteiger partial charge in [0.1, 0.15) is 0 Å². The van der Waals surface area contributed by atoms with E-state index >= 15 is 0 Å². The fourth-order valence-corrected chi connectivity index (χ4v) is 5.67. The van der Waals surface area contributed by atoms with E-state index < -0.39 is 16.1 Å². The first-order valence-corrected chi connectivity index (χ1v) is 11.3. The Hall–Kier alpha value is -3.34. The first kappa shape index (κ1) is 20.9. The number of hydrogen-bond acceptors (Lipinski definition) is 5. The van der Waals surface area contributed by atoms with Crippen LogP contribution in [0, 0.1) is 11.3 Å². The van der Waals surface area contributed by atoms with Crippen molar-refractivity contribution in [3.8, 4) is 17.6 Å². The first-order chi connectivity index (χ1) is 15.0. The molecule has 1 aliphatic heterocycles. The Kier molecular flexibility index (Phi) is 5.68. The second kappa shape index (κ2) is 8.42. The van der Waals surface area contributed by atoms with Gasteiger partial charge in [-0.05, 0) is 53.4 Å². The summed E-state index contributed by atoms with van der Waals surface area (Å²) in [5.41, 5.74) is 3.04. The molecule has 0 saturated heterocycles. The average Bonchev–Trinajstić information content (AvgIpc) is 2.82. The minimum Gasteiger partial charge on any atom is -0.493 e. The fraction of sp³-hybridized carbons (Fsp3) is 0.208. The number of sulfonamides is 1. The molecule has 1 atom stereocenters. The first-order valence-electron chi connectivity index (χ1n) is 9.81. The SMILES string of the molecule is COc1cc2c(cc1OC)[C@@H](c1ccccc1)N(S(=O)(=O)c1cccc(C#N)c1)CC2. The molecule has 0 bridgehead atoms. The van der Waals surface area contributed by atoms with Crippen LogP contribution in [0.3, 0.4) is 0 Å². The van der Waals surface area contributed by atoms with Gasteiger partial charge in [0.15, 0.2) is 11.5 Å². The van der Waals surface area contributed by atoms with Crippen LogP contribution < -0.4 is 9.47 Å². The maximum atomic E-state index is 13.7. The Morgan fingerprint density at radius 3 is 2.35 bits per heavy atom. The van der Waals surface area contributed by atoms with Crippen molar-refractivity contribution in [1.29, 1.82) is 5.26 Å². The normalized spacial score (nSPS) is 16.2. The summed E-state index contributed by atoms with van der Waals surface area (Å²) < 4.78 is 39.8. The molecular formula is C24H22N2O4S. The maximum Gasteiger partial charge on any atom is 0.243 e. The van der Waals surface area contributed by atoms with Crippen LogP contribution in [0.4, 0.5) is 0 Å². The van der Waals surface area contributed by atoms with Gasteiger partial charge in [-0.1, -0.05) is 36.4 Å². The van der Waals surface area contributed by atoms with Crippen LogP contribution in [0.1, 0.15) is 28.3 Å². The van der Waals surface area contributed by atoms with Gasteiger partial charge in [0.05, 0.1) is 36.8 Å². The van der Waals surface area contributed by atoms with Gasteiger partial charge in [0.25, 0.3) is 0 Å². The minimum absolute atomic E-state index is 0.108. The molecule has 3 aromatic carbocycles. The van der Waals surface area contributed by atoms with Crippen molar-refractivity contribution in [3.63, 3.8) is 0 Å². The molecule has 4 rings (SSSR count). The number of nitriles is 1. The van der Waals surface area contributed by atoms with Crippen LogP contribution in [0.2, 0.25) is 0 Å². The zero-order chi connectivity index (χ0) is 22.0. The third kappa shape index (κ3) is 3.76. The quantitative estimate of drug-likeness (QED) is 0.608. The van der Waals surface area contributed by atoms with Crippen LogP contribution in [0.5, 0.6) is 11.5 Å². The Balaban J connectivity index is 1.90. The molecule has 0 saturated carbocycles. The van der Waals surface area contributed by atoms with Crippen LogP contribution in [0.25, 0.3) is 0 Å². The highest BCUT2D eigenvalue weighted by atomic mass is 32.2. The predicted molar refractivity (Wildman–Crippen MR) is 117 cm³/mol. The van der Waals surface area contributed by atoms with Crippen molar-refractivity contribution >= 4 is 10.0 Å². The Bertz CT molecular complexity index is 1250. The molecule has 1 aliphatic rings. The van der Waals surface area contributed by atoms with E-state index in [-0.39, 0.29) is 4.90 Å². The molecule has 0 amide bonds. The van der Waals surface area contributed by atoms with E-state index in [1.54, 1.807) is 26.4 Å². The van der Waals surface area contributed by atoms with Gasteiger partial charge < -0.3 is 9.47 Å². The zero-order valence-electron chi connectivity index (χ0n) is 17.3. The Morgan fingerprint density at radius 2 is 1.68 bits per heavy atom. The molecule has 3 aromatic rings. The van der Waals surface area contributed by atoms with E-state index in [9.17, 15) is 13.7 Å². The summed E-state index contributed by atoms with van der Waals surface area (Å²) >= 11 is 0. The van der Waals surface area contributed by atoms with Gasteiger partial charge in [-0.15, -0.1) is 0 Å². The number of fused-ring (bicyclic) bond motifs is 1. The Labute approximate surface area is 182 Å². The summed E-state index contributed by atoms with van der Waals surface area (Å²) in [7, 11) is -0.714. The topological polar surface area (TPSA) is 79.6 Å². The molecule has 0 aliphatic carbocycles. The van der Waals surface area contributed by atoms with E-state index in [0.29, 0.717) is 30.0 Å². The van der Waals surface area contributed by atoms with Gasteiger partial charge in [-0.2, -0.15) is 9.57 Å². The monoisotopic (exact) mass is 434 g/mol. The summed E-state index contributed by atoms with van der Waals surface area (Å²) in [5, 5.41) is 9.22. The third-order valence-corrected chi connectivity index (χ3v) is 7.38. The molecule has 158 valence electrons. The van der Waals surface area contributed by atoms with Crippen molar-refractivity contribution in [2.75, 3.05) is 20.8 Å². The molecule has 0 fully saturated rings. The summed E-state index contributed by atoms with van der Waals surface area (Å²) in [4.78, 5) is 0.108. The highest BCUT2D eigenvalue weighted by Crippen LogP contribution is 2.43. The smallest absolute Gasteiger partial charge is 0.243 e. The number of ether oxygens (including phenoxy) is 2. The van der Waals surface area contributed by atoms with Gasteiger partial charge in [0, 0.05) is 6.54 Å². The molecule has 31 heavy (non-hydrogen) atoms. The largest absolute Gasteiger partial charge is 0.493 e. The van der Waals surface area contributed by atoms with Crippen molar-refractivity contribution in [3.05, 3.63) is 89.0 Å². The highest BCUT2D eigenvalue weighted by Gasteiger charge is 2.38. The van der Waals surface area contributed by atoms with Gasteiger partial charge in [0.2, 0.25) is 10.0 Å². The predicted octanol–water partition coefficient (Wildman–Crippen LogP) is 3.91. The third-order valence-electron chi connectivity index (χ3n) is 5.51. The lowest BCUT2D eigenvalue weighted by atomic mass is 9.89. The van der Waals surface area contributed by atoms with E-state index in [1.165, 1.54) is 16.4 Å². The number of hydrogen-bond donors (Lipinski definition) is 0. The van der Waals surface area contributed by atoms with Crippen molar-refractivity contribution in [2.45, 2.75) is 17.4 Å². The Morgan fingerprint density at radius 1 is 0.968 bits per heavy atom. The second-order valence-corrected chi connectivity index (χ2v) is 9.12.